The second-order valence-corrected chi connectivity index (χ2v) is 19.7. The van der Waals surface area contributed by atoms with Gasteiger partial charge in [-0.25, -0.2) is 0 Å². The Bertz CT molecular complexity index is 3860. The van der Waals surface area contributed by atoms with Crippen molar-refractivity contribution in [3.63, 3.8) is 0 Å². The molecule has 0 saturated heterocycles. The SMILES string of the molecule is c1ccc2c(c1)Nc1ccccc1-c1c-2cccc1-c1ccccc1N(c1ccccc1-c1cccc2c1-c1ccccc1Nc1ccccc1-2)c1ccccc1-c1cccc2c1-c1ccccc1Nc1ccccc1-2. The summed E-state index contributed by atoms with van der Waals surface area (Å²) < 4.78 is 0. The molecule has 3 heterocycles. The molecule has 3 aliphatic heterocycles. The molecule has 4 nitrogen and oxygen atoms in total. The van der Waals surface area contributed by atoms with E-state index >= 15 is 0 Å². The van der Waals surface area contributed by atoms with E-state index in [9.17, 15) is 0 Å². The minimum absolute atomic E-state index is 1.06. The number of hydrogen-bond acceptors (Lipinski definition) is 4. The highest BCUT2D eigenvalue weighted by atomic mass is 15.2. The summed E-state index contributed by atoms with van der Waals surface area (Å²) in [7, 11) is 0. The number of para-hydroxylation sites is 9. The molecule has 0 fully saturated rings. The van der Waals surface area contributed by atoms with Crippen molar-refractivity contribution in [2.45, 2.75) is 0 Å². The van der Waals surface area contributed by atoms with Crippen LogP contribution >= 0.6 is 0 Å². The van der Waals surface area contributed by atoms with Crippen LogP contribution in [0.1, 0.15) is 0 Å². The molecule has 76 heavy (non-hydrogen) atoms. The highest BCUT2D eigenvalue weighted by molar-refractivity contribution is 6.11. The van der Waals surface area contributed by atoms with E-state index in [1.807, 2.05) is 0 Å². The molecule has 0 spiro atoms. The Morgan fingerprint density at radius 3 is 0.618 bits per heavy atom. The Morgan fingerprint density at radius 1 is 0.158 bits per heavy atom. The Kier molecular flexibility index (Phi) is 10.2. The first-order chi connectivity index (χ1) is 37.7. The van der Waals surface area contributed by atoms with Gasteiger partial charge in [0, 0.05) is 84.2 Å². The maximum absolute atomic E-state index is 3.83. The third-order valence-electron chi connectivity index (χ3n) is 15.5. The zero-order valence-electron chi connectivity index (χ0n) is 41.4. The van der Waals surface area contributed by atoms with Crippen molar-refractivity contribution >= 4 is 51.2 Å². The van der Waals surface area contributed by atoms with Gasteiger partial charge in [-0.15, -0.1) is 0 Å². The van der Waals surface area contributed by atoms with E-state index in [1.165, 1.54) is 50.1 Å². The molecule has 356 valence electrons. The molecule has 3 N–H and O–H groups in total. The van der Waals surface area contributed by atoms with E-state index in [4.69, 9.17) is 0 Å². The zero-order chi connectivity index (χ0) is 50.1. The van der Waals surface area contributed by atoms with Crippen LogP contribution in [0.4, 0.5) is 51.2 Å². The molecule has 0 amide bonds. The number of nitrogens with one attached hydrogen (secondary N) is 3. The summed E-state index contributed by atoms with van der Waals surface area (Å²) in [6.07, 6.45) is 0. The summed E-state index contributed by atoms with van der Waals surface area (Å²) in [5.74, 6) is 0. The molecule has 0 bridgehead atoms. The molecule has 0 saturated carbocycles. The highest BCUT2D eigenvalue weighted by Crippen LogP contribution is 2.57. The van der Waals surface area contributed by atoms with Crippen LogP contribution in [-0.2, 0) is 0 Å². The van der Waals surface area contributed by atoms with E-state index in [0.29, 0.717) is 0 Å². The Hall–Kier alpha value is -10.2. The number of nitrogens with zero attached hydrogens (tertiary/aromatic N) is 1. The van der Waals surface area contributed by atoms with E-state index in [0.717, 1.165) is 101 Å². The van der Waals surface area contributed by atoms with Crippen LogP contribution in [0.3, 0.4) is 0 Å². The van der Waals surface area contributed by atoms with Crippen LogP contribution in [0.25, 0.3) is 100 Å². The fourth-order valence-corrected chi connectivity index (χ4v) is 12.3. The number of hydrogen-bond donors (Lipinski definition) is 3. The average molecular weight is 969 g/mol. The normalized spacial score (nSPS) is 12.0. The second-order valence-electron chi connectivity index (χ2n) is 19.7. The first-order valence-electron chi connectivity index (χ1n) is 26.1. The van der Waals surface area contributed by atoms with Gasteiger partial charge in [-0.1, -0.05) is 218 Å². The number of rotatable bonds is 6. The van der Waals surface area contributed by atoms with Crippen LogP contribution < -0.4 is 20.9 Å². The topological polar surface area (TPSA) is 39.3 Å². The number of fused-ring (bicyclic) bond motifs is 15. The molecule has 15 rings (SSSR count). The lowest BCUT2D eigenvalue weighted by Crippen LogP contribution is -2.14. The minimum Gasteiger partial charge on any atom is -0.355 e. The Morgan fingerprint density at radius 2 is 0.342 bits per heavy atom. The third kappa shape index (κ3) is 6.92. The van der Waals surface area contributed by atoms with Crippen LogP contribution in [0.15, 0.2) is 273 Å². The lowest BCUT2D eigenvalue weighted by atomic mass is 9.85. The van der Waals surface area contributed by atoms with Crippen molar-refractivity contribution < 1.29 is 0 Å². The van der Waals surface area contributed by atoms with Gasteiger partial charge in [-0.05, 0) is 105 Å². The Balaban J connectivity index is 1.04. The van der Waals surface area contributed by atoms with E-state index in [2.05, 4.69) is 294 Å². The molecule has 3 aliphatic rings. The van der Waals surface area contributed by atoms with Crippen molar-refractivity contribution in [1.29, 1.82) is 0 Å². The molecular weight excluding hydrogens is 921 g/mol. The summed E-state index contributed by atoms with van der Waals surface area (Å²) >= 11 is 0. The lowest BCUT2D eigenvalue weighted by molar-refractivity contribution is 1.28. The largest absolute Gasteiger partial charge is 0.355 e. The molecule has 0 radical (unpaired) electrons. The fourth-order valence-electron chi connectivity index (χ4n) is 12.3. The molecule has 12 aromatic rings. The molecule has 0 aliphatic carbocycles. The molecule has 12 aromatic carbocycles. The third-order valence-corrected chi connectivity index (χ3v) is 15.5. The van der Waals surface area contributed by atoms with E-state index in [-0.39, 0.29) is 0 Å². The highest BCUT2D eigenvalue weighted by Gasteiger charge is 2.31. The molecule has 4 heteroatoms. The van der Waals surface area contributed by atoms with Crippen molar-refractivity contribution in [2.24, 2.45) is 0 Å². The van der Waals surface area contributed by atoms with Gasteiger partial charge in [0.25, 0.3) is 0 Å². The molecule has 0 atom stereocenters. The van der Waals surface area contributed by atoms with Crippen LogP contribution in [-0.4, -0.2) is 0 Å². The van der Waals surface area contributed by atoms with Gasteiger partial charge in [-0.2, -0.15) is 0 Å². The van der Waals surface area contributed by atoms with Gasteiger partial charge >= 0.3 is 0 Å². The summed E-state index contributed by atoms with van der Waals surface area (Å²) in [6, 6.07) is 99.9. The maximum atomic E-state index is 3.83. The van der Waals surface area contributed by atoms with E-state index < -0.39 is 0 Å². The van der Waals surface area contributed by atoms with E-state index in [1.54, 1.807) is 0 Å². The molecule has 0 unspecified atom stereocenters. The molecule has 0 aromatic heterocycles. The predicted molar refractivity (Wildman–Crippen MR) is 320 cm³/mol. The first kappa shape index (κ1) is 43.4. The van der Waals surface area contributed by atoms with Crippen LogP contribution in [0.5, 0.6) is 0 Å². The number of benzene rings is 12. The fraction of sp³-hybridized carbons (Fsp3) is 0. The van der Waals surface area contributed by atoms with Crippen LogP contribution in [0, 0.1) is 0 Å². The minimum atomic E-state index is 1.06. The van der Waals surface area contributed by atoms with Gasteiger partial charge in [0.15, 0.2) is 0 Å². The summed E-state index contributed by atoms with van der Waals surface area (Å²) in [6.45, 7) is 0. The lowest BCUT2D eigenvalue weighted by Gasteiger charge is -2.33. The van der Waals surface area contributed by atoms with Crippen LogP contribution in [0.2, 0.25) is 0 Å². The van der Waals surface area contributed by atoms with Gasteiger partial charge in [0.2, 0.25) is 0 Å². The maximum Gasteiger partial charge on any atom is 0.0540 e. The standard InChI is InChI=1S/C72H48N4/c1-10-37-61-46(22-1)52-31-19-34-55(70(52)58-28-4-13-40-64(58)73-61)49-25-7-16-43-67(49)76(68-44-17-8-26-50(68)56-35-20-32-53-47-23-2-11-38-62(47)74-65-41-14-5-29-59(65)71(53)56)69-45-18-9-27-51(69)57-36-21-33-54-48-24-3-12-39-63(48)75-66-42-15-6-30-60(66)72(54)57/h1-45,73-75H. The van der Waals surface area contributed by atoms with Gasteiger partial charge in [0.1, 0.15) is 0 Å². The first-order valence-corrected chi connectivity index (χ1v) is 26.1. The molecular formula is C72H48N4. The van der Waals surface area contributed by atoms with Crippen molar-refractivity contribution in [1.82, 2.24) is 0 Å². The van der Waals surface area contributed by atoms with Crippen molar-refractivity contribution in [3.8, 4) is 100 Å². The second kappa shape index (κ2) is 17.8. The van der Waals surface area contributed by atoms with Crippen molar-refractivity contribution in [2.75, 3.05) is 20.9 Å². The predicted octanol–water partition coefficient (Wildman–Crippen LogP) is 20.3. The number of anilines is 9. The Labute approximate surface area is 442 Å². The van der Waals surface area contributed by atoms with Gasteiger partial charge < -0.3 is 20.9 Å². The summed E-state index contributed by atoms with van der Waals surface area (Å²) in [4.78, 5) is 2.55. The average Bonchev–Trinajstić information content (AvgIpc) is 3.88. The van der Waals surface area contributed by atoms with Gasteiger partial charge in [-0.3, -0.25) is 0 Å². The van der Waals surface area contributed by atoms with Crippen molar-refractivity contribution in [3.05, 3.63) is 273 Å². The monoisotopic (exact) mass is 968 g/mol. The smallest absolute Gasteiger partial charge is 0.0540 e. The summed E-state index contributed by atoms with van der Waals surface area (Å²) in [5, 5.41) is 11.5. The quantitative estimate of drug-likeness (QED) is 0.155. The summed E-state index contributed by atoms with van der Waals surface area (Å²) in [5.41, 5.74) is 30.6. The van der Waals surface area contributed by atoms with Gasteiger partial charge in [0.05, 0.1) is 17.1 Å². The zero-order valence-corrected chi connectivity index (χ0v) is 41.4.